The van der Waals surface area contributed by atoms with E-state index in [0.717, 1.165) is 30.6 Å². The quantitative estimate of drug-likeness (QED) is 0.911. The molecule has 6 heteroatoms. The van der Waals surface area contributed by atoms with Crippen LogP contribution in [0.3, 0.4) is 0 Å². The van der Waals surface area contributed by atoms with Crippen LogP contribution in [0.1, 0.15) is 21.5 Å². The summed E-state index contributed by atoms with van der Waals surface area (Å²) in [7, 11) is 2.06. The Morgan fingerprint density at radius 1 is 1.32 bits per heavy atom. The molecule has 1 aromatic heterocycles. The highest BCUT2D eigenvalue weighted by molar-refractivity contribution is 6.35. The highest BCUT2D eigenvalue weighted by Gasteiger charge is 2.21. The molecule has 0 unspecified atom stereocenters. The first-order valence-corrected chi connectivity index (χ1v) is 7.71. The van der Waals surface area contributed by atoms with Gasteiger partial charge in [0, 0.05) is 30.5 Å². The van der Waals surface area contributed by atoms with E-state index in [4.69, 9.17) is 23.2 Å². The minimum absolute atomic E-state index is 0.210. The molecular formula is C16H15Cl2N3O. The Morgan fingerprint density at radius 3 is 2.95 bits per heavy atom. The topological polar surface area (TPSA) is 45.2 Å². The van der Waals surface area contributed by atoms with Gasteiger partial charge in [0.25, 0.3) is 5.91 Å². The third-order valence-electron chi connectivity index (χ3n) is 3.75. The molecule has 1 aliphatic heterocycles. The fourth-order valence-electron chi connectivity index (χ4n) is 2.61. The molecule has 3 rings (SSSR count). The molecular weight excluding hydrogens is 321 g/mol. The van der Waals surface area contributed by atoms with Gasteiger partial charge in [-0.3, -0.25) is 9.78 Å². The Labute approximate surface area is 139 Å². The van der Waals surface area contributed by atoms with Gasteiger partial charge in [0.05, 0.1) is 16.3 Å². The lowest BCUT2D eigenvalue weighted by Gasteiger charge is -2.26. The third-order valence-corrected chi connectivity index (χ3v) is 4.32. The van der Waals surface area contributed by atoms with Crippen LogP contribution in [0.4, 0.5) is 5.69 Å². The fourth-order valence-corrected chi connectivity index (χ4v) is 2.95. The zero-order valence-electron chi connectivity index (χ0n) is 12.1. The molecule has 114 valence electrons. The van der Waals surface area contributed by atoms with Crippen LogP contribution < -0.4 is 5.32 Å². The molecule has 0 bridgehead atoms. The number of rotatable bonds is 2. The van der Waals surface area contributed by atoms with Gasteiger partial charge < -0.3 is 10.2 Å². The van der Waals surface area contributed by atoms with Crippen molar-refractivity contribution in [3.63, 3.8) is 0 Å². The van der Waals surface area contributed by atoms with Crippen LogP contribution >= 0.6 is 23.2 Å². The number of pyridine rings is 1. The third kappa shape index (κ3) is 3.09. The van der Waals surface area contributed by atoms with Crippen LogP contribution in [0.2, 0.25) is 10.0 Å². The van der Waals surface area contributed by atoms with E-state index in [1.807, 2.05) is 6.20 Å². The normalized spacial score (nSPS) is 14.5. The van der Waals surface area contributed by atoms with Gasteiger partial charge in [-0.25, -0.2) is 0 Å². The van der Waals surface area contributed by atoms with Crippen LogP contribution in [-0.2, 0) is 13.0 Å². The zero-order chi connectivity index (χ0) is 15.7. The molecule has 2 heterocycles. The maximum atomic E-state index is 12.6. The molecule has 0 saturated carbocycles. The lowest BCUT2D eigenvalue weighted by molar-refractivity contribution is 0.102. The van der Waals surface area contributed by atoms with Crippen molar-refractivity contribution < 1.29 is 4.79 Å². The number of benzene rings is 1. The summed E-state index contributed by atoms with van der Waals surface area (Å²) in [4.78, 5) is 19.0. The standard InChI is InChI=1S/C16H15Cl2N3O/c1-21-5-4-12-10(9-21)7-19-8-13(12)16(22)20-15-6-11(17)2-3-14(15)18/h2-3,6-8H,4-5,9H2,1H3,(H,20,22). The van der Waals surface area contributed by atoms with Crippen molar-refractivity contribution in [3.8, 4) is 0 Å². The van der Waals surface area contributed by atoms with E-state index in [2.05, 4.69) is 22.2 Å². The van der Waals surface area contributed by atoms with E-state index >= 15 is 0 Å². The molecule has 22 heavy (non-hydrogen) atoms. The van der Waals surface area contributed by atoms with E-state index in [-0.39, 0.29) is 5.91 Å². The number of carbonyl (C=O) groups excluding carboxylic acids is 1. The van der Waals surface area contributed by atoms with Gasteiger partial charge in [-0.2, -0.15) is 0 Å². The Kier molecular flexibility index (Phi) is 4.34. The number of halogens is 2. The molecule has 0 radical (unpaired) electrons. The summed E-state index contributed by atoms with van der Waals surface area (Å²) in [6.45, 7) is 1.73. The maximum Gasteiger partial charge on any atom is 0.257 e. The van der Waals surface area contributed by atoms with Gasteiger partial charge in [-0.1, -0.05) is 23.2 Å². The first-order chi connectivity index (χ1) is 10.5. The number of carbonyl (C=O) groups is 1. The van der Waals surface area contributed by atoms with Crippen LogP contribution in [-0.4, -0.2) is 29.4 Å². The molecule has 0 atom stereocenters. The number of aromatic nitrogens is 1. The summed E-state index contributed by atoms with van der Waals surface area (Å²) in [5, 5.41) is 3.80. The summed E-state index contributed by atoms with van der Waals surface area (Å²) < 4.78 is 0. The molecule has 1 aromatic carbocycles. The van der Waals surface area contributed by atoms with Gasteiger partial charge in [-0.05, 0) is 42.8 Å². The van der Waals surface area contributed by atoms with Crippen molar-refractivity contribution in [3.05, 3.63) is 57.3 Å². The summed E-state index contributed by atoms with van der Waals surface area (Å²) in [5.41, 5.74) is 3.26. The number of hydrogen-bond donors (Lipinski definition) is 1. The number of hydrogen-bond acceptors (Lipinski definition) is 3. The number of fused-ring (bicyclic) bond motifs is 1. The second kappa shape index (κ2) is 6.24. The highest BCUT2D eigenvalue weighted by Crippen LogP contribution is 2.27. The Bertz CT molecular complexity index is 733. The van der Waals surface area contributed by atoms with Crippen molar-refractivity contribution in [1.82, 2.24) is 9.88 Å². The predicted octanol–water partition coefficient (Wildman–Crippen LogP) is 3.63. The number of nitrogens with zero attached hydrogens (tertiary/aromatic N) is 2. The van der Waals surface area contributed by atoms with E-state index < -0.39 is 0 Å². The van der Waals surface area contributed by atoms with Crippen molar-refractivity contribution in [2.45, 2.75) is 13.0 Å². The Morgan fingerprint density at radius 2 is 2.14 bits per heavy atom. The van der Waals surface area contributed by atoms with Crippen LogP contribution in [0, 0.1) is 0 Å². The van der Waals surface area contributed by atoms with Crippen molar-refractivity contribution in [2.75, 3.05) is 18.9 Å². The number of anilines is 1. The number of likely N-dealkylation sites (N-methyl/N-ethyl adjacent to an activating group) is 1. The minimum Gasteiger partial charge on any atom is -0.321 e. The lowest BCUT2D eigenvalue weighted by atomic mass is 9.97. The molecule has 1 N–H and O–H groups in total. The monoisotopic (exact) mass is 335 g/mol. The van der Waals surface area contributed by atoms with Gasteiger partial charge >= 0.3 is 0 Å². The average Bonchev–Trinajstić information content (AvgIpc) is 2.50. The summed E-state index contributed by atoms with van der Waals surface area (Å²) >= 11 is 12.0. The zero-order valence-corrected chi connectivity index (χ0v) is 13.6. The molecule has 1 aliphatic rings. The molecule has 4 nitrogen and oxygen atoms in total. The van der Waals surface area contributed by atoms with E-state index in [1.165, 1.54) is 0 Å². The van der Waals surface area contributed by atoms with Crippen LogP contribution in [0.15, 0.2) is 30.6 Å². The number of nitrogens with one attached hydrogen (secondary N) is 1. The van der Waals surface area contributed by atoms with Crippen molar-refractivity contribution in [2.24, 2.45) is 0 Å². The van der Waals surface area contributed by atoms with Gasteiger partial charge in [0.15, 0.2) is 0 Å². The van der Waals surface area contributed by atoms with E-state index in [0.29, 0.717) is 21.3 Å². The van der Waals surface area contributed by atoms with Gasteiger partial charge in [-0.15, -0.1) is 0 Å². The van der Waals surface area contributed by atoms with Crippen LogP contribution in [0.25, 0.3) is 0 Å². The number of amides is 1. The molecule has 0 aliphatic carbocycles. The molecule has 0 fully saturated rings. The second-order valence-corrected chi connectivity index (χ2v) is 6.23. The molecule has 0 spiro atoms. The summed E-state index contributed by atoms with van der Waals surface area (Å²) in [6.07, 6.45) is 4.27. The average molecular weight is 336 g/mol. The molecule has 0 saturated heterocycles. The Balaban J connectivity index is 1.90. The van der Waals surface area contributed by atoms with Gasteiger partial charge in [0.2, 0.25) is 0 Å². The minimum atomic E-state index is -0.210. The first kappa shape index (κ1) is 15.3. The summed E-state index contributed by atoms with van der Waals surface area (Å²) in [6, 6.07) is 4.98. The van der Waals surface area contributed by atoms with Crippen LogP contribution in [0.5, 0.6) is 0 Å². The maximum absolute atomic E-state index is 12.6. The van der Waals surface area contributed by atoms with E-state index in [9.17, 15) is 4.79 Å². The molecule has 2 aromatic rings. The first-order valence-electron chi connectivity index (χ1n) is 6.95. The molecule has 1 amide bonds. The van der Waals surface area contributed by atoms with Crippen molar-refractivity contribution in [1.29, 1.82) is 0 Å². The Hall–Kier alpha value is -1.62. The van der Waals surface area contributed by atoms with Crippen molar-refractivity contribution >= 4 is 34.8 Å². The van der Waals surface area contributed by atoms with E-state index in [1.54, 1.807) is 24.4 Å². The summed E-state index contributed by atoms with van der Waals surface area (Å²) in [5.74, 6) is -0.210. The highest BCUT2D eigenvalue weighted by atomic mass is 35.5. The SMILES string of the molecule is CN1CCc2c(cncc2C(=O)Nc2cc(Cl)ccc2Cl)C1. The van der Waals surface area contributed by atoms with Gasteiger partial charge in [0.1, 0.15) is 0 Å². The second-order valence-electron chi connectivity index (χ2n) is 5.39. The fraction of sp³-hybridized carbons (Fsp3) is 0.250. The smallest absolute Gasteiger partial charge is 0.257 e. The lowest BCUT2D eigenvalue weighted by Crippen LogP contribution is -2.29. The predicted molar refractivity (Wildman–Crippen MR) is 88.7 cm³/mol. The largest absolute Gasteiger partial charge is 0.321 e.